The molecule has 0 saturated heterocycles. The average molecular weight is 314 g/mol. The maximum absolute atomic E-state index is 11.8. The Bertz CT molecular complexity index is 690. The highest BCUT2D eigenvalue weighted by atomic mass is 16.3. The molecule has 1 aromatic carbocycles. The maximum Gasteiger partial charge on any atom is 0.220 e. The van der Waals surface area contributed by atoms with Crippen molar-refractivity contribution in [2.45, 2.75) is 52.4 Å². The van der Waals surface area contributed by atoms with Crippen LogP contribution in [0, 0.1) is 11.8 Å². The standard InChI is InChI=1S/C19H26N2O2/c1-4-6-18-21-16-8-5-7-14(19(16)23-18)15-10-13(15)11-20-17(22)9-12(2)3/h5,7-8,12-13,15H,4,6,9-11H2,1-3H3,(H,20,22)/t13-,15+/m0/s1. The topological polar surface area (TPSA) is 55.1 Å². The minimum absolute atomic E-state index is 0.161. The van der Waals surface area contributed by atoms with E-state index >= 15 is 0 Å². The molecule has 1 aliphatic rings. The summed E-state index contributed by atoms with van der Waals surface area (Å²) in [5, 5.41) is 3.06. The fourth-order valence-corrected chi connectivity index (χ4v) is 3.17. The van der Waals surface area contributed by atoms with E-state index in [1.54, 1.807) is 0 Å². The molecule has 0 bridgehead atoms. The van der Waals surface area contributed by atoms with Gasteiger partial charge in [-0.1, -0.05) is 32.9 Å². The molecule has 1 aromatic heterocycles. The molecule has 0 unspecified atom stereocenters. The summed E-state index contributed by atoms with van der Waals surface area (Å²) in [5.74, 6) is 2.41. The van der Waals surface area contributed by atoms with Gasteiger partial charge < -0.3 is 9.73 Å². The van der Waals surface area contributed by atoms with Crippen molar-refractivity contribution >= 4 is 17.0 Å². The predicted octanol–water partition coefficient (Wildman–Crippen LogP) is 4.05. The number of hydrogen-bond acceptors (Lipinski definition) is 3. The largest absolute Gasteiger partial charge is 0.440 e. The van der Waals surface area contributed by atoms with Gasteiger partial charge in [0, 0.05) is 24.9 Å². The molecule has 3 rings (SSSR count). The van der Waals surface area contributed by atoms with Crippen molar-refractivity contribution in [2.75, 3.05) is 6.54 Å². The minimum atomic E-state index is 0.161. The maximum atomic E-state index is 11.8. The molecule has 1 N–H and O–H groups in total. The molecule has 1 fully saturated rings. The molecule has 1 amide bonds. The predicted molar refractivity (Wildman–Crippen MR) is 91.3 cm³/mol. The van der Waals surface area contributed by atoms with Crippen molar-refractivity contribution in [1.29, 1.82) is 0 Å². The Morgan fingerprint density at radius 1 is 1.43 bits per heavy atom. The second-order valence-corrected chi connectivity index (χ2v) is 7.06. The van der Waals surface area contributed by atoms with Gasteiger partial charge in [0.05, 0.1) is 0 Å². The molecule has 4 nitrogen and oxygen atoms in total. The molecule has 1 heterocycles. The Labute approximate surface area is 137 Å². The number of oxazole rings is 1. The van der Waals surface area contributed by atoms with E-state index in [-0.39, 0.29) is 5.91 Å². The number of carbonyl (C=O) groups is 1. The highest BCUT2D eigenvalue weighted by molar-refractivity contribution is 5.78. The first-order chi connectivity index (χ1) is 11.1. The third-order valence-corrected chi connectivity index (χ3v) is 4.43. The van der Waals surface area contributed by atoms with Gasteiger partial charge in [-0.15, -0.1) is 0 Å². The number of rotatable bonds is 7. The van der Waals surface area contributed by atoms with Gasteiger partial charge >= 0.3 is 0 Å². The minimum Gasteiger partial charge on any atom is -0.440 e. The molecule has 1 saturated carbocycles. The zero-order valence-corrected chi connectivity index (χ0v) is 14.3. The molecule has 23 heavy (non-hydrogen) atoms. The summed E-state index contributed by atoms with van der Waals surface area (Å²) in [6.07, 6.45) is 3.64. The van der Waals surface area contributed by atoms with Gasteiger partial charge in [0.15, 0.2) is 11.5 Å². The summed E-state index contributed by atoms with van der Waals surface area (Å²) in [7, 11) is 0. The lowest BCUT2D eigenvalue weighted by Gasteiger charge is -2.07. The fourth-order valence-electron chi connectivity index (χ4n) is 3.17. The number of hydrogen-bond donors (Lipinski definition) is 1. The lowest BCUT2D eigenvalue weighted by molar-refractivity contribution is -0.121. The van der Waals surface area contributed by atoms with Crippen molar-refractivity contribution in [2.24, 2.45) is 11.8 Å². The van der Waals surface area contributed by atoms with Gasteiger partial charge in [0.25, 0.3) is 0 Å². The zero-order chi connectivity index (χ0) is 16.4. The van der Waals surface area contributed by atoms with Crippen LogP contribution in [0.15, 0.2) is 22.6 Å². The van der Waals surface area contributed by atoms with Crippen LogP contribution >= 0.6 is 0 Å². The fraction of sp³-hybridized carbons (Fsp3) is 0.579. The summed E-state index contributed by atoms with van der Waals surface area (Å²) >= 11 is 0. The van der Waals surface area contributed by atoms with Crippen molar-refractivity contribution in [3.05, 3.63) is 29.7 Å². The van der Waals surface area contributed by atoms with Crippen molar-refractivity contribution in [3.8, 4) is 0 Å². The lowest BCUT2D eigenvalue weighted by atomic mass is 10.1. The number of aromatic nitrogens is 1. The average Bonchev–Trinajstić information content (AvgIpc) is 3.14. The van der Waals surface area contributed by atoms with E-state index in [1.807, 2.05) is 6.07 Å². The van der Waals surface area contributed by atoms with Crippen molar-refractivity contribution in [3.63, 3.8) is 0 Å². The number of nitrogens with zero attached hydrogens (tertiary/aromatic N) is 1. The van der Waals surface area contributed by atoms with Crippen LogP contribution in [0.4, 0.5) is 0 Å². The monoisotopic (exact) mass is 314 g/mol. The third-order valence-electron chi connectivity index (χ3n) is 4.43. The third kappa shape index (κ3) is 3.74. The molecule has 0 radical (unpaired) electrons. The smallest absolute Gasteiger partial charge is 0.220 e. The van der Waals surface area contributed by atoms with E-state index < -0.39 is 0 Å². The quantitative estimate of drug-likeness (QED) is 0.839. The molecule has 2 atom stereocenters. The van der Waals surface area contributed by atoms with Crippen molar-refractivity contribution < 1.29 is 9.21 Å². The Balaban J connectivity index is 1.64. The van der Waals surface area contributed by atoms with E-state index in [2.05, 4.69) is 43.2 Å². The summed E-state index contributed by atoms with van der Waals surface area (Å²) < 4.78 is 5.97. The Morgan fingerprint density at radius 3 is 3.00 bits per heavy atom. The van der Waals surface area contributed by atoms with Crippen LogP contribution in [0.3, 0.4) is 0 Å². The molecular formula is C19H26N2O2. The van der Waals surface area contributed by atoms with Gasteiger partial charge in [-0.05, 0) is 36.7 Å². The Kier molecular flexibility index (Phi) is 4.69. The van der Waals surface area contributed by atoms with E-state index in [1.165, 1.54) is 5.56 Å². The SMILES string of the molecule is CCCc1nc2cccc([C@@H]3C[C@H]3CNC(=O)CC(C)C)c2o1. The number of benzene rings is 1. The summed E-state index contributed by atoms with van der Waals surface area (Å²) in [6, 6.07) is 6.22. The summed E-state index contributed by atoms with van der Waals surface area (Å²) in [4.78, 5) is 16.3. The molecule has 4 heteroatoms. The number of carbonyl (C=O) groups excluding carboxylic acids is 1. The lowest BCUT2D eigenvalue weighted by Crippen LogP contribution is -2.26. The van der Waals surface area contributed by atoms with Crippen LogP contribution in [0.25, 0.3) is 11.1 Å². The number of amides is 1. The molecule has 1 aliphatic carbocycles. The number of aryl methyl sites for hydroxylation is 1. The molecule has 2 aromatic rings. The Hall–Kier alpha value is -1.84. The van der Waals surface area contributed by atoms with Gasteiger partial charge in [-0.2, -0.15) is 0 Å². The van der Waals surface area contributed by atoms with Crippen LogP contribution in [0.5, 0.6) is 0 Å². The van der Waals surface area contributed by atoms with Gasteiger partial charge in [0.2, 0.25) is 5.91 Å². The highest BCUT2D eigenvalue weighted by Crippen LogP contribution is 2.49. The van der Waals surface area contributed by atoms with E-state index in [0.717, 1.165) is 42.8 Å². The highest BCUT2D eigenvalue weighted by Gasteiger charge is 2.40. The van der Waals surface area contributed by atoms with Crippen LogP contribution in [-0.2, 0) is 11.2 Å². The Morgan fingerprint density at radius 2 is 2.26 bits per heavy atom. The molecule has 0 aliphatic heterocycles. The van der Waals surface area contributed by atoms with Crippen LogP contribution in [-0.4, -0.2) is 17.4 Å². The van der Waals surface area contributed by atoms with Crippen LogP contribution < -0.4 is 5.32 Å². The van der Waals surface area contributed by atoms with E-state index in [0.29, 0.717) is 24.2 Å². The first-order valence-corrected chi connectivity index (χ1v) is 8.73. The van der Waals surface area contributed by atoms with E-state index in [9.17, 15) is 4.79 Å². The first kappa shape index (κ1) is 16.0. The summed E-state index contributed by atoms with van der Waals surface area (Å²) in [5.41, 5.74) is 3.15. The molecule has 0 spiro atoms. The van der Waals surface area contributed by atoms with Crippen LogP contribution in [0.1, 0.15) is 57.4 Å². The molecular weight excluding hydrogens is 288 g/mol. The normalized spacial score (nSPS) is 20.2. The van der Waals surface area contributed by atoms with Gasteiger partial charge in [-0.25, -0.2) is 4.98 Å². The number of nitrogens with one attached hydrogen (secondary N) is 1. The van der Waals surface area contributed by atoms with Crippen molar-refractivity contribution in [1.82, 2.24) is 10.3 Å². The summed E-state index contributed by atoms with van der Waals surface area (Å²) in [6.45, 7) is 7.03. The second-order valence-electron chi connectivity index (χ2n) is 7.06. The van der Waals surface area contributed by atoms with Gasteiger partial charge in [0.1, 0.15) is 5.52 Å². The number of fused-ring (bicyclic) bond motifs is 1. The van der Waals surface area contributed by atoms with Gasteiger partial charge in [-0.3, -0.25) is 4.79 Å². The first-order valence-electron chi connectivity index (χ1n) is 8.73. The zero-order valence-electron chi connectivity index (χ0n) is 14.3. The van der Waals surface area contributed by atoms with Crippen LogP contribution in [0.2, 0.25) is 0 Å². The second kappa shape index (κ2) is 6.73. The van der Waals surface area contributed by atoms with E-state index in [4.69, 9.17) is 4.42 Å². The molecule has 124 valence electrons. The number of para-hydroxylation sites is 1.